The van der Waals surface area contributed by atoms with Gasteiger partial charge in [0, 0.05) is 13.5 Å². The number of amides is 3. The summed E-state index contributed by atoms with van der Waals surface area (Å²) in [4.78, 5) is 48.7. The van der Waals surface area contributed by atoms with E-state index in [4.69, 9.17) is 19.9 Å². The van der Waals surface area contributed by atoms with E-state index in [9.17, 15) is 19.2 Å². The second kappa shape index (κ2) is 14.9. The van der Waals surface area contributed by atoms with Crippen molar-refractivity contribution < 1.29 is 33.4 Å². The van der Waals surface area contributed by atoms with Crippen LogP contribution in [0, 0.1) is 5.92 Å². The van der Waals surface area contributed by atoms with Gasteiger partial charge >= 0.3 is 6.09 Å². The molecule has 0 bridgehead atoms. The lowest BCUT2D eigenvalue weighted by atomic mass is 9.99. The third kappa shape index (κ3) is 10.9. The molecule has 2 atom stereocenters. The fraction of sp³-hybridized carbons (Fsp3) is 0.545. The molecule has 0 aliphatic rings. The molecule has 0 fully saturated rings. The summed E-state index contributed by atoms with van der Waals surface area (Å²) in [6.07, 6.45) is -0.401. The van der Waals surface area contributed by atoms with Crippen molar-refractivity contribution in [3.05, 3.63) is 35.9 Å². The summed E-state index contributed by atoms with van der Waals surface area (Å²) in [7, 11) is 1.55. The van der Waals surface area contributed by atoms with Crippen molar-refractivity contribution in [2.45, 2.75) is 38.8 Å². The highest BCUT2D eigenvalue weighted by molar-refractivity contribution is 6.37. The Balaban J connectivity index is 2.74. The van der Waals surface area contributed by atoms with Crippen molar-refractivity contribution in [3.8, 4) is 0 Å². The van der Waals surface area contributed by atoms with E-state index in [1.54, 1.807) is 31.4 Å². The number of methoxy groups -OCH3 is 1. The van der Waals surface area contributed by atoms with Gasteiger partial charge in [0.15, 0.2) is 0 Å². The summed E-state index contributed by atoms with van der Waals surface area (Å²) >= 11 is 0. The molecule has 1 aromatic rings. The molecule has 32 heavy (non-hydrogen) atoms. The van der Waals surface area contributed by atoms with E-state index in [-0.39, 0.29) is 25.6 Å². The summed E-state index contributed by atoms with van der Waals surface area (Å²) in [6, 6.07) is 6.79. The average Bonchev–Trinajstić information content (AvgIpc) is 2.75. The predicted molar refractivity (Wildman–Crippen MR) is 117 cm³/mol. The minimum atomic E-state index is -1.15. The van der Waals surface area contributed by atoms with Gasteiger partial charge in [0.05, 0.1) is 19.8 Å². The van der Waals surface area contributed by atoms with Crippen LogP contribution in [0.5, 0.6) is 0 Å². The number of hydrogen-bond acceptors (Lipinski definition) is 7. The molecule has 0 aliphatic carbocycles. The Morgan fingerprint density at radius 2 is 1.59 bits per heavy atom. The molecular weight excluding hydrogens is 418 g/mol. The molecule has 0 heterocycles. The fourth-order valence-corrected chi connectivity index (χ4v) is 2.83. The molecule has 3 amide bonds. The van der Waals surface area contributed by atoms with E-state index in [1.165, 1.54) is 0 Å². The minimum Gasteiger partial charge on any atom is -0.447 e. The van der Waals surface area contributed by atoms with Crippen LogP contribution in [0.4, 0.5) is 4.79 Å². The number of nitrogens with two attached hydrogens (primary N) is 1. The smallest absolute Gasteiger partial charge is 0.407 e. The van der Waals surface area contributed by atoms with Crippen LogP contribution in [-0.4, -0.2) is 69.3 Å². The van der Waals surface area contributed by atoms with Crippen LogP contribution in [0.25, 0.3) is 0 Å². The molecule has 0 saturated heterocycles. The standard InChI is InChI=1S/C22H33N3O7/c1-15(2)13-18(25-22(29)32-12-11-31-10-9-30-3)21(28)24-17(19(26)20(23)27)14-16-7-5-4-6-8-16/h4-8,15,17-18H,9-14H2,1-3H3,(H2,23,27)(H,24,28)(H,25,29). The molecule has 178 valence electrons. The molecule has 2 unspecified atom stereocenters. The first-order chi connectivity index (χ1) is 15.2. The van der Waals surface area contributed by atoms with Gasteiger partial charge in [-0.05, 0) is 17.9 Å². The molecule has 0 aliphatic heterocycles. The maximum atomic E-state index is 12.9. The second-order valence-electron chi connectivity index (χ2n) is 7.55. The molecule has 10 nitrogen and oxygen atoms in total. The predicted octanol–water partition coefficient (Wildman–Crippen LogP) is 0.572. The Labute approximate surface area is 188 Å². The van der Waals surface area contributed by atoms with Gasteiger partial charge in [-0.2, -0.15) is 0 Å². The van der Waals surface area contributed by atoms with E-state index >= 15 is 0 Å². The topological polar surface area (TPSA) is 146 Å². The number of ether oxygens (including phenoxy) is 3. The van der Waals surface area contributed by atoms with Crippen molar-refractivity contribution in [3.63, 3.8) is 0 Å². The molecule has 1 aromatic carbocycles. The summed E-state index contributed by atoms with van der Waals surface area (Å²) in [6.45, 7) is 4.75. The SMILES string of the molecule is COCCOCCOC(=O)NC(CC(C)C)C(=O)NC(Cc1ccccc1)C(=O)C(N)=O. The lowest BCUT2D eigenvalue weighted by Crippen LogP contribution is -2.54. The fourth-order valence-electron chi connectivity index (χ4n) is 2.83. The molecule has 0 saturated carbocycles. The third-order valence-corrected chi connectivity index (χ3v) is 4.37. The van der Waals surface area contributed by atoms with E-state index in [1.807, 2.05) is 19.9 Å². The first-order valence-electron chi connectivity index (χ1n) is 10.4. The van der Waals surface area contributed by atoms with Crippen molar-refractivity contribution >= 4 is 23.7 Å². The van der Waals surface area contributed by atoms with Gasteiger partial charge in [0.2, 0.25) is 11.7 Å². The van der Waals surface area contributed by atoms with Crippen LogP contribution in [0.15, 0.2) is 30.3 Å². The van der Waals surface area contributed by atoms with E-state index in [0.717, 1.165) is 5.56 Å². The van der Waals surface area contributed by atoms with Crippen LogP contribution in [0.1, 0.15) is 25.8 Å². The van der Waals surface area contributed by atoms with E-state index in [2.05, 4.69) is 10.6 Å². The zero-order valence-corrected chi connectivity index (χ0v) is 18.8. The van der Waals surface area contributed by atoms with E-state index in [0.29, 0.717) is 19.6 Å². The summed E-state index contributed by atoms with van der Waals surface area (Å²) in [5.41, 5.74) is 5.90. The highest BCUT2D eigenvalue weighted by atomic mass is 16.6. The maximum absolute atomic E-state index is 12.9. The number of carbonyl (C=O) groups is 4. The molecule has 0 aromatic heterocycles. The molecule has 1 rings (SSSR count). The van der Waals surface area contributed by atoms with Gasteiger partial charge in [0.25, 0.3) is 5.91 Å². The lowest BCUT2D eigenvalue weighted by Gasteiger charge is -2.23. The summed E-state index contributed by atoms with van der Waals surface area (Å²) < 4.78 is 15.1. The number of alkyl carbamates (subject to hydrolysis) is 1. The number of carbonyl (C=O) groups excluding carboxylic acids is 4. The Bertz CT molecular complexity index is 740. The number of Topliss-reactive ketones (excluding diaryl/α,β-unsaturated/α-hetero) is 1. The highest BCUT2D eigenvalue weighted by Crippen LogP contribution is 2.08. The molecule has 10 heteroatoms. The quantitative estimate of drug-likeness (QED) is 0.261. The summed E-state index contributed by atoms with van der Waals surface area (Å²) in [5, 5.41) is 5.06. The van der Waals surface area contributed by atoms with Crippen LogP contribution in [0.3, 0.4) is 0 Å². The summed E-state index contributed by atoms with van der Waals surface area (Å²) in [5.74, 6) is -2.61. The normalized spacial score (nSPS) is 12.6. The van der Waals surface area contributed by atoms with Crippen molar-refractivity contribution in [1.29, 1.82) is 0 Å². The minimum absolute atomic E-state index is 0.00234. The van der Waals surface area contributed by atoms with Crippen molar-refractivity contribution in [2.24, 2.45) is 11.7 Å². The monoisotopic (exact) mass is 451 g/mol. The van der Waals surface area contributed by atoms with Gasteiger partial charge in [-0.1, -0.05) is 44.2 Å². The number of nitrogens with one attached hydrogen (secondary N) is 2. The highest BCUT2D eigenvalue weighted by Gasteiger charge is 2.30. The van der Waals surface area contributed by atoms with Gasteiger partial charge in [0.1, 0.15) is 18.7 Å². The van der Waals surface area contributed by atoms with Crippen LogP contribution in [-0.2, 0) is 35.0 Å². The number of benzene rings is 1. The zero-order valence-electron chi connectivity index (χ0n) is 18.8. The molecule has 0 radical (unpaired) electrons. The van der Waals surface area contributed by atoms with Crippen LogP contribution < -0.4 is 16.4 Å². The lowest BCUT2D eigenvalue weighted by molar-refractivity contribution is -0.138. The zero-order chi connectivity index (χ0) is 23.9. The Morgan fingerprint density at radius 1 is 0.938 bits per heavy atom. The molecule has 0 spiro atoms. The van der Waals surface area contributed by atoms with E-state index < -0.39 is 35.8 Å². The largest absolute Gasteiger partial charge is 0.447 e. The van der Waals surface area contributed by atoms with Crippen LogP contribution in [0.2, 0.25) is 0 Å². The maximum Gasteiger partial charge on any atom is 0.407 e. The molecular formula is C22H33N3O7. The van der Waals surface area contributed by atoms with Gasteiger partial charge < -0.3 is 30.6 Å². The average molecular weight is 452 g/mol. The number of ketones is 1. The number of rotatable bonds is 15. The van der Waals surface area contributed by atoms with Gasteiger partial charge in [-0.15, -0.1) is 0 Å². The number of hydrogen-bond donors (Lipinski definition) is 3. The molecule has 4 N–H and O–H groups in total. The first kappa shape index (κ1) is 27.1. The van der Waals surface area contributed by atoms with Crippen molar-refractivity contribution in [2.75, 3.05) is 33.5 Å². The van der Waals surface area contributed by atoms with Gasteiger partial charge in [-0.25, -0.2) is 4.79 Å². The van der Waals surface area contributed by atoms with Crippen LogP contribution >= 0.6 is 0 Å². The Morgan fingerprint density at radius 3 is 2.19 bits per heavy atom. The first-order valence-corrected chi connectivity index (χ1v) is 10.4. The third-order valence-electron chi connectivity index (χ3n) is 4.37. The van der Waals surface area contributed by atoms with Crippen molar-refractivity contribution in [1.82, 2.24) is 10.6 Å². The van der Waals surface area contributed by atoms with Gasteiger partial charge in [-0.3, -0.25) is 14.4 Å². The number of primary amides is 1. The Kier molecular flexibility index (Phi) is 12.6. The Hall–Kier alpha value is -2.98. The second-order valence-corrected chi connectivity index (χ2v) is 7.55.